The lowest BCUT2D eigenvalue weighted by molar-refractivity contribution is -0.123. The molecule has 0 aromatic heterocycles. The molecule has 1 unspecified atom stereocenters. The molecule has 0 spiro atoms. The summed E-state index contributed by atoms with van der Waals surface area (Å²) in [5.41, 5.74) is 1.75. The van der Waals surface area contributed by atoms with Crippen LogP contribution in [0.5, 0.6) is 0 Å². The molecular weight excluding hydrogens is 436 g/mol. The number of hydrogen-bond donors (Lipinski definition) is 3. The maximum absolute atomic E-state index is 13.1. The molecule has 0 heterocycles. The summed E-state index contributed by atoms with van der Waals surface area (Å²) in [6.07, 6.45) is -1.18. The van der Waals surface area contributed by atoms with E-state index >= 15 is 0 Å². The summed E-state index contributed by atoms with van der Waals surface area (Å²) < 4.78 is 5.33. The Kier molecular flexibility index (Phi) is 6.51. The van der Waals surface area contributed by atoms with Gasteiger partial charge in [0.15, 0.2) is 17.7 Å². The monoisotopic (exact) mass is 458 g/mol. The molecule has 0 saturated carbocycles. The van der Waals surface area contributed by atoms with Crippen molar-refractivity contribution < 1.29 is 29.0 Å². The Morgan fingerprint density at radius 3 is 2.21 bits per heavy atom. The fourth-order valence-corrected chi connectivity index (χ4v) is 3.77. The van der Waals surface area contributed by atoms with E-state index in [4.69, 9.17) is 9.84 Å². The Morgan fingerprint density at radius 2 is 1.47 bits per heavy atom. The standard InChI is InChI=1S/C26H22N2O6/c1-15(34-26(33)18-9-4-5-11-20(18)27-13-14-29)25(32)28-21-12-6-10-19-22(21)24(31)17-8-3-2-7-16(17)23(19)30/h2-12,15,27,29H,13-14H2,1H3,(H,28,32). The van der Waals surface area contributed by atoms with Gasteiger partial charge in [-0.15, -0.1) is 0 Å². The van der Waals surface area contributed by atoms with Gasteiger partial charge in [-0.05, 0) is 25.1 Å². The van der Waals surface area contributed by atoms with Crippen LogP contribution < -0.4 is 10.6 Å². The minimum absolute atomic E-state index is 0.108. The van der Waals surface area contributed by atoms with E-state index in [1.54, 1.807) is 60.7 Å². The molecule has 1 amide bonds. The number of esters is 1. The molecule has 34 heavy (non-hydrogen) atoms. The number of para-hydroxylation sites is 1. The van der Waals surface area contributed by atoms with Crippen LogP contribution in [-0.4, -0.2) is 47.8 Å². The highest BCUT2D eigenvalue weighted by atomic mass is 16.5. The lowest BCUT2D eigenvalue weighted by Gasteiger charge is -2.21. The zero-order valence-corrected chi connectivity index (χ0v) is 18.3. The number of fused-ring (bicyclic) bond motifs is 2. The van der Waals surface area contributed by atoms with E-state index in [2.05, 4.69) is 10.6 Å². The van der Waals surface area contributed by atoms with E-state index in [-0.39, 0.29) is 52.7 Å². The van der Waals surface area contributed by atoms with Gasteiger partial charge >= 0.3 is 5.97 Å². The quantitative estimate of drug-likeness (QED) is 0.364. The molecule has 8 heteroatoms. The summed E-state index contributed by atoms with van der Waals surface area (Å²) >= 11 is 0. The van der Waals surface area contributed by atoms with Gasteiger partial charge in [0.2, 0.25) is 0 Å². The molecule has 8 nitrogen and oxygen atoms in total. The van der Waals surface area contributed by atoms with Gasteiger partial charge in [-0.2, -0.15) is 0 Å². The molecule has 4 rings (SSSR count). The number of anilines is 2. The number of hydrogen-bond acceptors (Lipinski definition) is 7. The smallest absolute Gasteiger partial charge is 0.341 e. The number of ketones is 2. The predicted molar refractivity (Wildman–Crippen MR) is 125 cm³/mol. The molecule has 172 valence electrons. The summed E-state index contributed by atoms with van der Waals surface area (Å²) in [5, 5.41) is 14.5. The van der Waals surface area contributed by atoms with Gasteiger partial charge in [0, 0.05) is 28.9 Å². The SMILES string of the molecule is CC(OC(=O)c1ccccc1NCCO)C(=O)Nc1cccc2c1C(=O)c1ccccc1C2=O. The van der Waals surface area contributed by atoms with Crippen molar-refractivity contribution in [2.75, 3.05) is 23.8 Å². The first-order chi connectivity index (χ1) is 16.4. The molecule has 0 saturated heterocycles. The third-order valence-corrected chi connectivity index (χ3v) is 5.44. The number of aliphatic hydroxyl groups is 1. The Balaban J connectivity index is 1.53. The lowest BCUT2D eigenvalue weighted by atomic mass is 9.83. The van der Waals surface area contributed by atoms with E-state index in [9.17, 15) is 19.2 Å². The van der Waals surface area contributed by atoms with Crippen molar-refractivity contribution in [3.8, 4) is 0 Å². The third kappa shape index (κ3) is 4.31. The number of aliphatic hydroxyl groups excluding tert-OH is 1. The van der Waals surface area contributed by atoms with Crippen LogP contribution in [0.2, 0.25) is 0 Å². The summed E-state index contributed by atoms with van der Waals surface area (Å²) in [6.45, 7) is 1.54. The summed E-state index contributed by atoms with van der Waals surface area (Å²) in [6, 6.07) is 17.8. The predicted octanol–water partition coefficient (Wildman–Crippen LogP) is 3.05. The van der Waals surface area contributed by atoms with Crippen LogP contribution in [0.4, 0.5) is 11.4 Å². The molecule has 0 bridgehead atoms. The first kappa shape index (κ1) is 22.9. The molecule has 3 N–H and O–H groups in total. The van der Waals surface area contributed by atoms with Crippen molar-refractivity contribution in [2.45, 2.75) is 13.0 Å². The first-order valence-electron chi connectivity index (χ1n) is 10.7. The van der Waals surface area contributed by atoms with Crippen molar-refractivity contribution in [1.82, 2.24) is 0 Å². The van der Waals surface area contributed by atoms with Crippen molar-refractivity contribution in [2.24, 2.45) is 0 Å². The van der Waals surface area contributed by atoms with Crippen LogP contribution in [0.1, 0.15) is 49.1 Å². The van der Waals surface area contributed by atoms with E-state index in [0.29, 0.717) is 11.3 Å². The topological polar surface area (TPSA) is 122 Å². The van der Waals surface area contributed by atoms with Crippen LogP contribution in [0.3, 0.4) is 0 Å². The molecule has 0 fully saturated rings. The fourth-order valence-electron chi connectivity index (χ4n) is 3.77. The van der Waals surface area contributed by atoms with Crippen molar-refractivity contribution >= 4 is 34.8 Å². The Labute approximate surface area is 195 Å². The normalized spacial score (nSPS) is 12.9. The zero-order valence-electron chi connectivity index (χ0n) is 18.3. The van der Waals surface area contributed by atoms with Crippen molar-refractivity contribution in [3.63, 3.8) is 0 Å². The molecule has 3 aromatic rings. The zero-order chi connectivity index (χ0) is 24.2. The van der Waals surface area contributed by atoms with Crippen LogP contribution in [0.25, 0.3) is 0 Å². The molecule has 1 atom stereocenters. The van der Waals surface area contributed by atoms with E-state index in [1.807, 2.05) is 0 Å². The summed E-state index contributed by atoms with van der Waals surface area (Å²) in [7, 11) is 0. The third-order valence-electron chi connectivity index (χ3n) is 5.44. The molecule has 1 aliphatic rings. The second kappa shape index (κ2) is 9.68. The first-order valence-corrected chi connectivity index (χ1v) is 10.7. The van der Waals surface area contributed by atoms with E-state index in [1.165, 1.54) is 13.0 Å². The average molecular weight is 458 g/mol. The number of nitrogens with one attached hydrogen (secondary N) is 2. The van der Waals surface area contributed by atoms with Gasteiger partial charge in [0.05, 0.1) is 23.4 Å². The molecule has 0 radical (unpaired) electrons. The Morgan fingerprint density at radius 1 is 0.853 bits per heavy atom. The highest BCUT2D eigenvalue weighted by molar-refractivity contribution is 6.30. The van der Waals surface area contributed by atoms with Crippen LogP contribution in [-0.2, 0) is 9.53 Å². The van der Waals surface area contributed by atoms with E-state index in [0.717, 1.165) is 0 Å². The van der Waals surface area contributed by atoms with Crippen molar-refractivity contribution in [1.29, 1.82) is 0 Å². The van der Waals surface area contributed by atoms with Gasteiger partial charge in [0.25, 0.3) is 5.91 Å². The fraction of sp³-hybridized carbons (Fsp3) is 0.154. The largest absolute Gasteiger partial charge is 0.449 e. The summed E-state index contributed by atoms with van der Waals surface area (Å²) in [4.78, 5) is 51.5. The van der Waals surface area contributed by atoms with Crippen LogP contribution in [0, 0.1) is 0 Å². The van der Waals surface area contributed by atoms with Gasteiger partial charge < -0.3 is 20.5 Å². The van der Waals surface area contributed by atoms with Gasteiger partial charge in [-0.3, -0.25) is 14.4 Å². The Hall–Kier alpha value is -4.30. The molecule has 0 aliphatic heterocycles. The number of amides is 1. The number of ether oxygens (including phenoxy) is 1. The highest BCUT2D eigenvalue weighted by Crippen LogP contribution is 2.32. The van der Waals surface area contributed by atoms with Gasteiger partial charge in [-0.1, -0.05) is 48.5 Å². The minimum Gasteiger partial charge on any atom is -0.449 e. The highest BCUT2D eigenvalue weighted by Gasteiger charge is 2.32. The summed E-state index contributed by atoms with van der Waals surface area (Å²) in [5.74, 6) is -2.04. The van der Waals surface area contributed by atoms with E-state index < -0.39 is 18.0 Å². The minimum atomic E-state index is -1.18. The van der Waals surface area contributed by atoms with Gasteiger partial charge in [0.1, 0.15) is 0 Å². The molecular formula is C26H22N2O6. The number of benzene rings is 3. The van der Waals surface area contributed by atoms with Gasteiger partial charge in [-0.25, -0.2) is 4.79 Å². The maximum Gasteiger partial charge on any atom is 0.341 e. The number of carbonyl (C=O) groups is 4. The van der Waals surface area contributed by atoms with Crippen LogP contribution >= 0.6 is 0 Å². The van der Waals surface area contributed by atoms with Crippen molar-refractivity contribution in [3.05, 3.63) is 94.5 Å². The van der Waals surface area contributed by atoms with Crippen LogP contribution in [0.15, 0.2) is 66.7 Å². The number of rotatable bonds is 7. The second-order valence-electron chi connectivity index (χ2n) is 7.66. The number of carbonyl (C=O) groups excluding carboxylic acids is 4. The average Bonchev–Trinajstić information content (AvgIpc) is 2.86. The lowest BCUT2D eigenvalue weighted by Crippen LogP contribution is -2.31. The second-order valence-corrected chi connectivity index (χ2v) is 7.66. The molecule has 1 aliphatic carbocycles. The molecule has 3 aromatic carbocycles. The Bertz CT molecular complexity index is 1300. The maximum atomic E-state index is 13.1.